The second-order valence-corrected chi connectivity index (χ2v) is 8.87. The third-order valence-electron chi connectivity index (χ3n) is 5.20. The first-order valence-electron chi connectivity index (χ1n) is 11.0. The van der Waals surface area contributed by atoms with Gasteiger partial charge in [0, 0.05) is 36.8 Å². The lowest BCUT2D eigenvalue weighted by Gasteiger charge is -2.35. The number of aromatic nitrogens is 1. The van der Waals surface area contributed by atoms with Gasteiger partial charge in [-0.15, -0.1) is 0 Å². The molecule has 2 N–H and O–H groups in total. The summed E-state index contributed by atoms with van der Waals surface area (Å²) in [4.78, 5) is 11.2. The van der Waals surface area contributed by atoms with Crippen LogP contribution in [-0.4, -0.2) is 43.2 Å². The number of hydrogen-bond acceptors (Lipinski definition) is 5. The number of ether oxygens (including phenoxy) is 1. The van der Waals surface area contributed by atoms with E-state index in [1.165, 1.54) is 0 Å². The molecule has 0 spiro atoms. The summed E-state index contributed by atoms with van der Waals surface area (Å²) in [5, 5.41) is 6.79. The highest BCUT2D eigenvalue weighted by atomic mass is 19.3. The highest BCUT2D eigenvalue weighted by Crippen LogP contribution is 2.24. The summed E-state index contributed by atoms with van der Waals surface area (Å²) in [5.74, 6) is 2.31. The Morgan fingerprint density at radius 2 is 2.06 bits per heavy atom. The maximum atomic E-state index is 12.4. The predicted molar refractivity (Wildman–Crippen MR) is 121 cm³/mol. The molecule has 3 rings (SSSR count). The van der Waals surface area contributed by atoms with E-state index >= 15 is 0 Å². The molecule has 1 aliphatic heterocycles. The van der Waals surface area contributed by atoms with E-state index in [0.717, 1.165) is 49.9 Å². The molecular weight excluding hydrogens is 416 g/mol. The van der Waals surface area contributed by atoms with Crippen LogP contribution < -0.4 is 20.3 Å². The van der Waals surface area contributed by atoms with E-state index in [4.69, 9.17) is 4.42 Å². The minimum atomic E-state index is -2.82. The highest BCUT2D eigenvalue weighted by Gasteiger charge is 2.22. The second-order valence-electron chi connectivity index (χ2n) is 8.87. The lowest BCUT2D eigenvalue weighted by Crippen LogP contribution is -2.51. The molecule has 2 heterocycles. The number of hydrogen-bond donors (Lipinski definition) is 2. The molecule has 0 bridgehead atoms. The number of rotatable bonds is 7. The molecular formula is C23H33F2N5O2. The summed E-state index contributed by atoms with van der Waals surface area (Å²) >= 11 is 0. The smallest absolute Gasteiger partial charge is 0.387 e. The van der Waals surface area contributed by atoms with Crippen LogP contribution in [0.25, 0.3) is 0 Å². The summed E-state index contributed by atoms with van der Waals surface area (Å²) in [6, 6.07) is 6.98. The van der Waals surface area contributed by atoms with E-state index in [0.29, 0.717) is 12.4 Å². The SMILES string of the molecule is CCNC(=NCc1ncc(C(C)(C)C)o1)NC1CCCN(c2ccc(OC(F)F)cc2)C1. The Kier molecular flexibility index (Phi) is 7.93. The van der Waals surface area contributed by atoms with Gasteiger partial charge in [0.1, 0.15) is 18.1 Å². The zero-order valence-electron chi connectivity index (χ0n) is 19.2. The number of benzene rings is 1. The van der Waals surface area contributed by atoms with Gasteiger partial charge in [0.25, 0.3) is 0 Å². The largest absolute Gasteiger partial charge is 0.443 e. The molecule has 0 saturated carbocycles. The number of oxazole rings is 1. The van der Waals surface area contributed by atoms with Crippen molar-refractivity contribution in [2.24, 2.45) is 4.99 Å². The van der Waals surface area contributed by atoms with Crippen LogP contribution in [0.3, 0.4) is 0 Å². The predicted octanol–water partition coefficient (Wildman–Crippen LogP) is 4.30. The van der Waals surface area contributed by atoms with Gasteiger partial charge in [-0.1, -0.05) is 20.8 Å². The van der Waals surface area contributed by atoms with Crippen molar-refractivity contribution < 1.29 is 17.9 Å². The monoisotopic (exact) mass is 449 g/mol. The Morgan fingerprint density at radius 1 is 1.31 bits per heavy atom. The van der Waals surface area contributed by atoms with Crippen LogP contribution in [0.5, 0.6) is 5.75 Å². The lowest BCUT2D eigenvalue weighted by atomic mass is 9.94. The normalized spacial score (nSPS) is 17.5. The number of nitrogens with zero attached hydrogens (tertiary/aromatic N) is 3. The summed E-state index contributed by atoms with van der Waals surface area (Å²) in [5.41, 5.74) is 0.891. The molecule has 1 aliphatic rings. The molecule has 1 aromatic carbocycles. The fourth-order valence-electron chi connectivity index (χ4n) is 3.56. The molecule has 0 radical (unpaired) electrons. The van der Waals surface area contributed by atoms with Crippen molar-refractivity contribution in [1.82, 2.24) is 15.6 Å². The zero-order chi connectivity index (χ0) is 23.1. The molecule has 0 amide bonds. The van der Waals surface area contributed by atoms with Crippen molar-refractivity contribution in [1.29, 1.82) is 0 Å². The minimum absolute atomic E-state index is 0.0902. The summed E-state index contributed by atoms with van der Waals surface area (Å²) in [6.45, 7) is 8.25. The van der Waals surface area contributed by atoms with Crippen molar-refractivity contribution in [3.63, 3.8) is 0 Å². The van der Waals surface area contributed by atoms with Gasteiger partial charge in [-0.05, 0) is 44.0 Å². The molecule has 1 unspecified atom stereocenters. The van der Waals surface area contributed by atoms with Gasteiger partial charge in [0.05, 0.1) is 6.20 Å². The molecule has 176 valence electrons. The van der Waals surface area contributed by atoms with Crippen LogP contribution in [-0.2, 0) is 12.0 Å². The summed E-state index contributed by atoms with van der Waals surface area (Å²) in [7, 11) is 0. The van der Waals surface area contributed by atoms with Gasteiger partial charge in [0.15, 0.2) is 5.96 Å². The highest BCUT2D eigenvalue weighted by molar-refractivity contribution is 5.80. The Labute approximate surface area is 188 Å². The van der Waals surface area contributed by atoms with Crippen LogP contribution in [0.15, 0.2) is 39.9 Å². The van der Waals surface area contributed by atoms with Crippen LogP contribution in [0.1, 0.15) is 52.2 Å². The number of aliphatic imine (C=N–C) groups is 1. The zero-order valence-corrected chi connectivity index (χ0v) is 19.2. The molecule has 2 aromatic rings. The van der Waals surface area contributed by atoms with E-state index in [-0.39, 0.29) is 17.2 Å². The number of nitrogens with one attached hydrogen (secondary N) is 2. The first-order valence-corrected chi connectivity index (χ1v) is 11.0. The number of halogens is 2. The average molecular weight is 450 g/mol. The average Bonchev–Trinajstić information content (AvgIpc) is 3.22. The quantitative estimate of drug-likeness (QED) is 0.485. The molecule has 9 heteroatoms. The van der Waals surface area contributed by atoms with Gasteiger partial charge in [-0.2, -0.15) is 8.78 Å². The Morgan fingerprint density at radius 3 is 2.69 bits per heavy atom. The van der Waals surface area contributed by atoms with E-state index < -0.39 is 6.61 Å². The number of piperidine rings is 1. The fraction of sp³-hybridized carbons (Fsp3) is 0.565. The molecule has 32 heavy (non-hydrogen) atoms. The second kappa shape index (κ2) is 10.7. The van der Waals surface area contributed by atoms with Gasteiger partial charge in [-0.3, -0.25) is 0 Å². The number of alkyl halides is 2. The van der Waals surface area contributed by atoms with Crippen molar-refractivity contribution in [3.05, 3.63) is 42.1 Å². The Hall–Kier alpha value is -2.84. The molecule has 1 aromatic heterocycles. The molecule has 0 aliphatic carbocycles. The van der Waals surface area contributed by atoms with Crippen LogP contribution >= 0.6 is 0 Å². The van der Waals surface area contributed by atoms with Crippen LogP contribution in [0, 0.1) is 0 Å². The van der Waals surface area contributed by atoms with Crippen molar-refractivity contribution in [2.75, 3.05) is 24.5 Å². The molecule has 1 fully saturated rings. The van der Waals surface area contributed by atoms with E-state index in [1.54, 1.807) is 18.3 Å². The minimum Gasteiger partial charge on any atom is -0.443 e. The fourth-order valence-corrected chi connectivity index (χ4v) is 3.56. The van der Waals surface area contributed by atoms with E-state index in [1.807, 2.05) is 19.1 Å². The Balaban J connectivity index is 1.60. The van der Waals surface area contributed by atoms with E-state index in [9.17, 15) is 8.78 Å². The maximum Gasteiger partial charge on any atom is 0.387 e. The van der Waals surface area contributed by atoms with E-state index in [2.05, 4.69) is 51.0 Å². The first kappa shape index (κ1) is 23.8. The molecule has 7 nitrogen and oxygen atoms in total. The Bertz CT molecular complexity index is 877. The number of guanidine groups is 1. The van der Waals surface area contributed by atoms with Crippen LogP contribution in [0.2, 0.25) is 0 Å². The molecule has 1 atom stereocenters. The standard InChI is InChI=1S/C23H33F2N5O2/c1-5-26-22(28-14-20-27-13-19(32-20)23(2,3)4)29-16-7-6-12-30(15-16)17-8-10-18(11-9-17)31-21(24)25/h8-11,13,16,21H,5-7,12,14-15H2,1-4H3,(H2,26,28,29). The van der Waals surface area contributed by atoms with Crippen molar-refractivity contribution in [3.8, 4) is 5.75 Å². The van der Waals surface area contributed by atoms with Crippen molar-refractivity contribution in [2.45, 2.75) is 65.1 Å². The maximum absolute atomic E-state index is 12.4. The van der Waals surface area contributed by atoms with Gasteiger partial charge >= 0.3 is 6.61 Å². The van der Waals surface area contributed by atoms with Gasteiger partial charge < -0.3 is 24.7 Å². The lowest BCUT2D eigenvalue weighted by molar-refractivity contribution is -0.0498. The third-order valence-corrected chi connectivity index (χ3v) is 5.20. The first-order chi connectivity index (χ1) is 15.2. The van der Waals surface area contributed by atoms with Gasteiger partial charge in [-0.25, -0.2) is 9.98 Å². The number of anilines is 1. The van der Waals surface area contributed by atoms with Crippen LogP contribution in [0.4, 0.5) is 14.5 Å². The molecule has 1 saturated heterocycles. The summed E-state index contributed by atoms with van der Waals surface area (Å²) in [6.07, 6.45) is 3.80. The van der Waals surface area contributed by atoms with Crippen molar-refractivity contribution >= 4 is 11.6 Å². The topological polar surface area (TPSA) is 74.9 Å². The van der Waals surface area contributed by atoms with Gasteiger partial charge in [0.2, 0.25) is 5.89 Å². The third kappa shape index (κ3) is 6.83. The summed E-state index contributed by atoms with van der Waals surface area (Å²) < 4.78 is 35.0.